The van der Waals surface area contributed by atoms with Crippen molar-refractivity contribution in [1.29, 1.82) is 0 Å². The van der Waals surface area contributed by atoms with E-state index in [2.05, 4.69) is 6.92 Å². The zero-order chi connectivity index (χ0) is 16.2. The Bertz CT molecular complexity index is 846. The number of hydrogen-bond acceptors (Lipinski definition) is 3. The van der Waals surface area contributed by atoms with Crippen LogP contribution >= 0.6 is 0 Å². The summed E-state index contributed by atoms with van der Waals surface area (Å²) in [6.07, 6.45) is 1.99. The van der Waals surface area contributed by atoms with Gasteiger partial charge in [0.15, 0.2) is 0 Å². The Morgan fingerprint density at radius 1 is 0.826 bits per heavy atom. The second-order valence-corrected chi connectivity index (χ2v) is 5.59. The summed E-state index contributed by atoms with van der Waals surface area (Å²) in [5, 5.41) is 0. The van der Waals surface area contributed by atoms with Crippen molar-refractivity contribution in [2.45, 2.75) is 19.8 Å². The number of hydrogen-bond donors (Lipinski definition) is 0. The highest BCUT2D eigenvalue weighted by molar-refractivity contribution is 5.85. The molecule has 0 aliphatic heterocycles. The molecule has 0 bridgehead atoms. The van der Waals surface area contributed by atoms with E-state index in [9.17, 15) is 9.59 Å². The summed E-state index contributed by atoms with van der Waals surface area (Å²) in [6.45, 7) is 2.84. The van der Waals surface area contributed by atoms with Crippen molar-refractivity contribution >= 4 is 11.4 Å². The second-order valence-electron chi connectivity index (χ2n) is 5.59. The van der Waals surface area contributed by atoms with Crippen LogP contribution in [-0.4, -0.2) is 6.54 Å². The molecule has 3 heteroatoms. The maximum Gasteiger partial charge on any atom is 0.250 e. The largest absolute Gasteiger partial charge is 0.338 e. The normalized spacial score (nSPS) is 10.8. The number of para-hydroxylation sites is 1. The molecule has 0 spiro atoms. The van der Waals surface area contributed by atoms with Gasteiger partial charge in [-0.3, -0.25) is 9.59 Å². The fraction of sp³-hybridized carbons (Fsp3) is 0.200. The van der Waals surface area contributed by atoms with Gasteiger partial charge in [-0.2, -0.15) is 0 Å². The minimum atomic E-state index is -0.386. The van der Waals surface area contributed by atoms with Crippen molar-refractivity contribution in [2.75, 3.05) is 11.4 Å². The van der Waals surface area contributed by atoms with E-state index in [4.69, 9.17) is 0 Å². The molecule has 3 nitrogen and oxygen atoms in total. The minimum Gasteiger partial charge on any atom is -0.338 e. The molecule has 0 fully saturated rings. The molecule has 3 aromatic carbocycles. The first-order valence-corrected chi connectivity index (χ1v) is 7.95. The lowest BCUT2D eigenvalue weighted by Crippen LogP contribution is -2.40. The average Bonchev–Trinajstić information content (AvgIpc) is 2.62. The summed E-state index contributed by atoms with van der Waals surface area (Å²) < 4.78 is 0. The molecule has 3 aromatic rings. The Balaban J connectivity index is 2.09. The monoisotopic (exact) mass is 305 g/mol. The molecule has 0 aliphatic rings. The van der Waals surface area contributed by atoms with E-state index >= 15 is 0 Å². The van der Waals surface area contributed by atoms with Crippen LogP contribution in [0.1, 0.15) is 19.8 Å². The third-order valence-electron chi connectivity index (χ3n) is 4.02. The number of benzene rings is 2. The predicted molar refractivity (Wildman–Crippen MR) is 95.1 cm³/mol. The molecule has 0 amide bonds. The molecule has 0 saturated heterocycles. The zero-order valence-corrected chi connectivity index (χ0v) is 13.2. The van der Waals surface area contributed by atoms with Crippen LogP contribution in [0, 0.1) is 0 Å². The van der Waals surface area contributed by atoms with Crippen LogP contribution in [0.5, 0.6) is 0 Å². The first-order chi connectivity index (χ1) is 11.2. The maximum atomic E-state index is 12.3. The lowest BCUT2D eigenvalue weighted by atomic mass is 9.97. The SMILES string of the molecule is CCCCN(c1ccccc1)c1c(-c2ccccc2)c(=O)c1=O. The van der Waals surface area contributed by atoms with Gasteiger partial charge in [-0.15, -0.1) is 0 Å². The fourth-order valence-electron chi connectivity index (χ4n) is 2.80. The topological polar surface area (TPSA) is 37.4 Å². The van der Waals surface area contributed by atoms with Gasteiger partial charge in [0.2, 0.25) is 5.43 Å². The Morgan fingerprint density at radius 3 is 2.04 bits per heavy atom. The van der Waals surface area contributed by atoms with E-state index in [1.54, 1.807) is 0 Å². The average molecular weight is 305 g/mol. The second kappa shape index (κ2) is 6.61. The molecule has 0 unspecified atom stereocenters. The maximum absolute atomic E-state index is 12.3. The summed E-state index contributed by atoms with van der Waals surface area (Å²) in [7, 11) is 0. The van der Waals surface area contributed by atoms with Gasteiger partial charge in [0.1, 0.15) is 5.69 Å². The highest BCUT2D eigenvalue weighted by atomic mass is 16.2. The first-order valence-electron chi connectivity index (χ1n) is 7.95. The lowest BCUT2D eigenvalue weighted by molar-refractivity contribution is 0.783. The predicted octanol–water partition coefficient (Wildman–Crippen LogP) is 3.89. The Hall–Kier alpha value is -2.68. The Morgan fingerprint density at radius 2 is 1.43 bits per heavy atom. The molecule has 0 heterocycles. The number of rotatable bonds is 6. The van der Waals surface area contributed by atoms with Gasteiger partial charge in [0.05, 0.1) is 5.56 Å². The van der Waals surface area contributed by atoms with Crippen LogP contribution in [0.3, 0.4) is 0 Å². The molecule has 3 rings (SSSR count). The van der Waals surface area contributed by atoms with E-state index in [1.165, 1.54) is 0 Å². The summed E-state index contributed by atoms with van der Waals surface area (Å²) in [5.74, 6) is 0. The third kappa shape index (κ3) is 2.82. The number of unbranched alkanes of at least 4 members (excludes halogenated alkanes) is 1. The third-order valence-corrected chi connectivity index (χ3v) is 4.02. The van der Waals surface area contributed by atoms with Crippen molar-refractivity contribution in [3.05, 3.63) is 81.1 Å². The molecular weight excluding hydrogens is 286 g/mol. The van der Waals surface area contributed by atoms with E-state index in [1.807, 2.05) is 65.6 Å². The highest BCUT2D eigenvalue weighted by Crippen LogP contribution is 2.31. The smallest absolute Gasteiger partial charge is 0.250 e. The van der Waals surface area contributed by atoms with Crippen LogP contribution in [0.25, 0.3) is 11.1 Å². The van der Waals surface area contributed by atoms with Gasteiger partial charge in [-0.25, -0.2) is 0 Å². The van der Waals surface area contributed by atoms with E-state index in [0.29, 0.717) is 11.3 Å². The lowest BCUT2D eigenvalue weighted by Gasteiger charge is -2.27. The van der Waals surface area contributed by atoms with E-state index in [-0.39, 0.29) is 10.9 Å². The van der Waals surface area contributed by atoms with Crippen molar-refractivity contribution in [3.8, 4) is 11.1 Å². The van der Waals surface area contributed by atoms with Crippen molar-refractivity contribution < 1.29 is 0 Å². The van der Waals surface area contributed by atoms with Gasteiger partial charge in [-0.1, -0.05) is 61.9 Å². The molecule has 0 atom stereocenters. The first kappa shape index (κ1) is 15.2. The van der Waals surface area contributed by atoms with Gasteiger partial charge in [0.25, 0.3) is 5.43 Å². The number of anilines is 2. The molecule has 0 aromatic heterocycles. The highest BCUT2D eigenvalue weighted by Gasteiger charge is 2.27. The van der Waals surface area contributed by atoms with Gasteiger partial charge < -0.3 is 4.90 Å². The molecule has 0 N–H and O–H groups in total. The van der Waals surface area contributed by atoms with Gasteiger partial charge in [0, 0.05) is 12.2 Å². The fourth-order valence-corrected chi connectivity index (χ4v) is 2.80. The minimum absolute atomic E-state index is 0.385. The quantitative estimate of drug-likeness (QED) is 0.648. The van der Waals surface area contributed by atoms with Crippen molar-refractivity contribution in [1.82, 2.24) is 0 Å². The van der Waals surface area contributed by atoms with Gasteiger partial charge >= 0.3 is 0 Å². The van der Waals surface area contributed by atoms with Gasteiger partial charge in [-0.05, 0) is 24.1 Å². The van der Waals surface area contributed by atoms with Crippen molar-refractivity contribution in [3.63, 3.8) is 0 Å². The Kier molecular flexibility index (Phi) is 4.38. The molecular formula is C20H19NO2. The number of nitrogens with zero attached hydrogens (tertiary/aromatic N) is 1. The zero-order valence-electron chi connectivity index (χ0n) is 13.2. The van der Waals surface area contributed by atoms with E-state index in [0.717, 1.165) is 30.6 Å². The summed E-state index contributed by atoms with van der Waals surface area (Å²) >= 11 is 0. The molecule has 0 radical (unpaired) electrons. The van der Waals surface area contributed by atoms with Crippen molar-refractivity contribution in [2.24, 2.45) is 0 Å². The summed E-state index contributed by atoms with van der Waals surface area (Å²) in [4.78, 5) is 26.4. The molecule has 116 valence electrons. The standard InChI is InChI=1S/C20H19NO2/c1-2-3-14-21(16-12-8-5-9-13-16)18-17(19(22)20(18)23)15-10-6-4-7-11-15/h4-13H,2-3,14H2,1H3. The van der Waals surface area contributed by atoms with Crippen LogP contribution in [0.4, 0.5) is 11.4 Å². The van der Waals surface area contributed by atoms with Crippen LogP contribution in [0.15, 0.2) is 70.3 Å². The summed E-state index contributed by atoms with van der Waals surface area (Å²) in [5.41, 5.74) is 2.05. The molecule has 0 saturated carbocycles. The Labute approximate surface area is 135 Å². The summed E-state index contributed by atoms with van der Waals surface area (Å²) in [6, 6.07) is 19.2. The molecule has 0 aliphatic carbocycles. The molecule has 23 heavy (non-hydrogen) atoms. The van der Waals surface area contributed by atoms with E-state index < -0.39 is 0 Å². The van der Waals surface area contributed by atoms with Crippen LogP contribution in [-0.2, 0) is 0 Å². The van der Waals surface area contributed by atoms with Crippen LogP contribution < -0.4 is 15.8 Å². The van der Waals surface area contributed by atoms with Crippen LogP contribution in [0.2, 0.25) is 0 Å².